The van der Waals surface area contributed by atoms with Crippen molar-refractivity contribution in [3.63, 3.8) is 0 Å². The van der Waals surface area contributed by atoms with Crippen LogP contribution in [0.4, 0.5) is 0 Å². The number of fused-ring (bicyclic) bond motifs is 2. The molecular formula is C30H38N3O10P. The van der Waals surface area contributed by atoms with Gasteiger partial charge in [-0.2, -0.15) is 0 Å². The maximum atomic E-state index is 13.2. The molecule has 2 aromatic carbocycles. The van der Waals surface area contributed by atoms with Gasteiger partial charge in [0.05, 0.1) is 29.5 Å². The zero-order valence-electron chi connectivity index (χ0n) is 25.4. The molecule has 3 aromatic rings. The summed E-state index contributed by atoms with van der Waals surface area (Å²) < 4.78 is 28.7. The number of nitrogens with one attached hydrogen (secondary N) is 2. The van der Waals surface area contributed by atoms with Crippen LogP contribution in [0.25, 0.3) is 21.9 Å². The quantitative estimate of drug-likeness (QED) is 0.0700. The van der Waals surface area contributed by atoms with Gasteiger partial charge in [0.1, 0.15) is 35.2 Å². The Hall–Kier alpha value is -3.87. The first-order valence-electron chi connectivity index (χ1n) is 13.9. The first-order valence-corrected chi connectivity index (χ1v) is 15.0. The third-order valence-electron chi connectivity index (χ3n) is 6.51. The van der Waals surface area contributed by atoms with Crippen LogP contribution in [0.5, 0.6) is 5.75 Å². The summed E-state index contributed by atoms with van der Waals surface area (Å²) in [6, 6.07) is 9.98. The smallest absolute Gasteiger partial charge is 0.323 e. The minimum absolute atomic E-state index is 0.223. The number of ether oxygens (including phenoxy) is 2. The highest BCUT2D eigenvalue weighted by Gasteiger charge is 2.31. The molecule has 14 heteroatoms. The molecule has 0 bridgehead atoms. The second-order valence-corrected chi connectivity index (χ2v) is 11.3. The number of likely N-dealkylation sites (N-methyl/N-ethyl adjacent to an activating group) is 1. The molecule has 0 aliphatic rings. The van der Waals surface area contributed by atoms with Gasteiger partial charge >= 0.3 is 14.5 Å². The van der Waals surface area contributed by atoms with E-state index in [4.69, 9.17) is 22.9 Å². The molecule has 5 atom stereocenters. The Morgan fingerprint density at radius 2 is 1.80 bits per heavy atom. The van der Waals surface area contributed by atoms with E-state index < -0.39 is 44.7 Å². The normalized spacial score (nSPS) is 15.1. The van der Waals surface area contributed by atoms with Gasteiger partial charge in [-0.25, -0.2) is 5.09 Å². The van der Waals surface area contributed by atoms with Crippen LogP contribution in [0.15, 0.2) is 64.0 Å². The maximum absolute atomic E-state index is 13.2. The predicted octanol–water partition coefficient (Wildman–Crippen LogP) is 2.98. The molecule has 0 aliphatic heterocycles. The molecule has 44 heavy (non-hydrogen) atoms. The summed E-state index contributed by atoms with van der Waals surface area (Å²) in [5, 5.41) is 17.1. The minimum Gasteiger partial charge on any atom is -0.462 e. The van der Waals surface area contributed by atoms with Crippen molar-refractivity contribution in [1.82, 2.24) is 15.3 Å². The van der Waals surface area contributed by atoms with E-state index in [-0.39, 0.29) is 23.9 Å². The number of aliphatic hydroxyl groups is 1. The van der Waals surface area contributed by atoms with E-state index in [9.17, 15) is 24.3 Å². The number of carbonyl (C=O) groups excluding carboxylic acids is 3. The molecule has 13 nitrogen and oxygen atoms in total. The zero-order chi connectivity index (χ0) is 32.4. The summed E-state index contributed by atoms with van der Waals surface area (Å²) in [5.74, 6) is -0.701. The molecule has 0 radical (unpaired) electrons. The van der Waals surface area contributed by atoms with Crippen molar-refractivity contribution < 1.29 is 42.4 Å². The molecule has 3 N–H and O–H groups in total. The molecule has 0 aliphatic carbocycles. The molecule has 0 saturated carbocycles. The minimum atomic E-state index is -2.08. The Balaban J connectivity index is 1.83. The van der Waals surface area contributed by atoms with Gasteiger partial charge in [-0.05, 0) is 58.0 Å². The first-order chi connectivity index (χ1) is 21.0. The van der Waals surface area contributed by atoms with E-state index >= 15 is 0 Å². The molecule has 0 fully saturated rings. The third kappa shape index (κ3) is 9.07. The fourth-order valence-corrected chi connectivity index (χ4v) is 5.20. The van der Waals surface area contributed by atoms with Crippen LogP contribution in [0, 0.1) is 0 Å². The number of hydrogen-bond donors (Lipinski definition) is 3. The summed E-state index contributed by atoms with van der Waals surface area (Å²) in [5.41, 5.74) is 0.593. The van der Waals surface area contributed by atoms with Gasteiger partial charge in [0.25, 0.3) is 0 Å². The standard InChI is InChI=1S/C30H38N3O10P/c1-18(2)41-30(38)19(3)32-44(40-16-26(39-6)28(36)20(4)33(17-34)14-13-27(35)31-5)43-21-11-12-25-23(15-21)29(37)22-9-7-8-10-24(22)42-25/h7-15,17-20,26,28,32,36H,16H2,1-6H3,(H,31,35)/b14-13-/t19-,20?,26?,28-,44?/m0/s1. The summed E-state index contributed by atoms with van der Waals surface area (Å²) in [6.07, 6.45) is 0.314. The molecular weight excluding hydrogens is 593 g/mol. The monoisotopic (exact) mass is 631 g/mol. The molecule has 0 spiro atoms. The molecule has 1 aromatic heterocycles. The lowest BCUT2D eigenvalue weighted by atomic mass is 10.1. The highest BCUT2D eigenvalue weighted by Crippen LogP contribution is 2.38. The van der Waals surface area contributed by atoms with Crippen LogP contribution in [0.3, 0.4) is 0 Å². The lowest BCUT2D eigenvalue weighted by molar-refractivity contribution is -0.149. The van der Waals surface area contributed by atoms with Gasteiger partial charge < -0.3 is 38.3 Å². The zero-order valence-corrected chi connectivity index (χ0v) is 26.3. The topological polar surface area (TPSA) is 166 Å². The number of para-hydroxylation sites is 1. The molecule has 3 unspecified atom stereocenters. The second kappa shape index (κ2) is 16.3. The number of benzene rings is 2. The maximum Gasteiger partial charge on any atom is 0.323 e. The molecule has 238 valence electrons. The van der Waals surface area contributed by atoms with Crippen LogP contribution >= 0.6 is 8.53 Å². The lowest BCUT2D eigenvalue weighted by Gasteiger charge is -2.32. The van der Waals surface area contributed by atoms with Crippen molar-refractivity contribution in [2.24, 2.45) is 0 Å². The lowest BCUT2D eigenvalue weighted by Crippen LogP contribution is -2.47. The first kappa shape index (κ1) is 34.6. The summed E-state index contributed by atoms with van der Waals surface area (Å²) in [4.78, 5) is 50.0. The van der Waals surface area contributed by atoms with Gasteiger partial charge in [0.2, 0.25) is 17.7 Å². The number of esters is 1. The largest absolute Gasteiger partial charge is 0.462 e. The number of nitrogens with zero attached hydrogens (tertiary/aromatic N) is 1. The van der Waals surface area contributed by atoms with Crippen molar-refractivity contribution in [1.29, 1.82) is 0 Å². The van der Waals surface area contributed by atoms with Crippen molar-refractivity contribution >= 4 is 48.8 Å². The van der Waals surface area contributed by atoms with Crippen molar-refractivity contribution in [2.75, 3.05) is 20.8 Å². The average Bonchev–Trinajstić information content (AvgIpc) is 3.01. The van der Waals surface area contributed by atoms with Gasteiger partial charge in [-0.15, -0.1) is 0 Å². The van der Waals surface area contributed by atoms with Crippen LogP contribution in [-0.2, 0) is 28.4 Å². The van der Waals surface area contributed by atoms with Crippen LogP contribution in [0.2, 0.25) is 0 Å². The fraction of sp³-hybridized carbons (Fsp3) is 0.400. The highest BCUT2D eigenvalue weighted by atomic mass is 31.2. The molecule has 2 amide bonds. The Bertz CT molecular complexity index is 1530. The number of aliphatic hydroxyl groups excluding tert-OH is 1. The van der Waals surface area contributed by atoms with Crippen molar-refractivity contribution in [3.8, 4) is 5.75 Å². The van der Waals surface area contributed by atoms with Crippen LogP contribution < -0.4 is 20.4 Å². The summed E-state index contributed by atoms with van der Waals surface area (Å²) in [7, 11) is 0.731. The van der Waals surface area contributed by atoms with E-state index in [2.05, 4.69) is 10.4 Å². The van der Waals surface area contributed by atoms with Crippen LogP contribution in [0.1, 0.15) is 27.7 Å². The van der Waals surface area contributed by atoms with E-state index in [0.29, 0.717) is 28.3 Å². The number of amides is 2. The van der Waals surface area contributed by atoms with Crippen LogP contribution in [-0.4, -0.2) is 79.5 Å². The van der Waals surface area contributed by atoms with E-state index in [1.54, 1.807) is 64.1 Å². The third-order valence-corrected chi connectivity index (χ3v) is 7.87. The Morgan fingerprint density at radius 3 is 2.45 bits per heavy atom. The average molecular weight is 632 g/mol. The molecule has 0 saturated heterocycles. The summed E-state index contributed by atoms with van der Waals surface area (Å²) in [6.45, 7) is 6.38. The predicted molar refractivity (Wildman–Crippen MR) is 165 cm³/mol. The Labute approximate surface area is 256 Å². The van der Waals surface area contributed by atoms with E-state index in [1.165, 1.54) is 26.4 Å². The molecule has 1 heterocycles. The van der Waals surface area contributed by atoms with Gasteiger partial charge in [-0.1, -0.05) is 12.1 Å². The number of rotatable bonds is 16. The SMILES string of the molecule is CNC(=O)/C=C\N(C=O)C(C)[C@H](O)C(COP(N[C@@H](C)C(=O)OC(C)C)Oc1ccc2oc3ccccc3c(=O)c2c1)OC. The van der Waals surface area contributed by atoms with Crippen molar-refractivity contribution in [2.45, 2.75) is 58.1 Å². The number of hydrogen-bond acceptors (Lipinski definition) is 11. The fourth-order valence-electron chi connectivity index (χ4n) is 4.01. The van der Waals surface area contributed by atoms with E-state index in [1.807, 2.05) is 0 Å². The van der Waals surface area contributed by atoms with Gasteiger partial charge in [0, 0.05) is 26.4 Å². The number of carbonyl (C=O) groups is 3. The van der Waals surface area contributed by atoms with Gasteiger partial charge in [0.15, 0.2) is 0 Å². The Kier molecular flexibility index (Phi) is 12.8. The van der Waals surface area contributed by atoms with Gasteiger partial charge in [-0.3, -0.25) is 19.2 Å². The molecule has 3 rings (SSSR count). The van der Waals surface area contributed by atoms with E-state index in [0.717, 1.165) is 11.0 Å². The van der Waals surface area contributed by atoms with Crippen molar-refractivity contribution in [3.05, 3.63) is 65.0 Å². The summed E-state index contributed by atoms with van der Waals surface area (Å²) >= 11 is 0. The number of methoxy groups -OCH3 is 1. The highest BCUT2D eigenvalue weighted by molar-refractivity contribution is 7.45. The second-order valence-electron chi connectivity index (χ2n) is 10.1. The Morgan fingerprint density at radius 1 is 1.09 bits per heavy atom.